The fourth-order valence-electron chi connectivity index (χ4n) is 4.82. The number of carboxylic acid groups (broad SMARTS) is 1. The quantitative estimate of drug-likeness (QED) is 0.251. The van der Waals surface area contributed by atoms with Crippen LogP contribution in [-0.2, 0) is 9.59 Å². The van der Waals surface area contributed by atoms with Crippen molar-refractivity contribution in [1.29, 1.82) is 0 Å². The average molecular weight is 568 g/mol. The maximum absolute atomic E-state index is 12.6. The van der Waals surface area contributed by atoms with Gasteiger partial charge in [0.25, 0.3) is 0 Å². The molecule has 1 aromatic heterocycles. The van der Waals surface area contributed by atoms with Crippen LogP contribution in [-0.4, -0.2) is 77.2 Å². The molecule has 0 saturated heterocycles. The van der Waals surface area contributed by atoms with E-state index >= 15 is 0 Å². The van der Waals surface area contributed by atoms with Crippen LogP contribution in [0.5, 0.6) is 5.75 Å². The number of carbonyl (C=O) groups excluding carboxylic acids is 2. The first-order chi connectivity index (χ1) is 19.6. The number of nitrogens with one attached hydrogen (secondary N) is 3. The Morgan fingerprint density at radius 2 is 1.93 bits per heavy atom. The predicted molar refractivity (Wildman–Crippen MR) is 158 cm³/mol. The summed E-state index contributed by atoms with van der Waals surface area (Å²) in [5.41, 5.74) is 1.54. The molecule has 12 nitrogen and oxygen atoms in total. The van der Waals surface area contributed by atoms with E-state index in [1.165, 1.54) is 6.92 Å². The third-order valence-corrected chi connectivity index (χ3v) is 6.76. The molecule has 2 heterocycles. The number of methoxy groups -OCH3 is 1. The topological polar surface area (TPSA) is 148 Å². The van der Waals surface area contributed by atoms with E-state index in [2.05, 4.69) is 44.8 Å². The minimum Gasteiger partial charge on any atom is -0.495 e. The lowest BCUT2D eigenvalue weighted by Crippen LogP contribution is -2.38. The number of carbonyl (C=O) groups is 3. The third kappa shape index (κ3) is 10.3. The van der Waals surface area contributed by atoms with Gasteiger partial charge >= 0.3 is 12.0 Å². The van der Waals surface area contributed by atoms with Gasteiger partial charge in [-0.3, -0.25) is 19.9 Å². The molecule has 2 atom stereocenters. The number of aromatic nitrogens is 1. The lowest BCUT2D eigenvalue weighted by Gasteiger charge is -2.33. The maximum atomic E-state index is 12.6. The molecule has 3 amide bonds. The van der Waals surface area contributed by atoms with Crippen molar-refractivity contribution < 1.29 is 24.2 Å². The number of hydrazone groups is 1. The number of rotatable bonds is 15. The van der Waals surface area contributed by atoms with E-state index in [4.69, 9.17) is 9.84 Å². The molecule has 3 rings (SSSR count). The first-order valence-electron chi connectivity index (χ1n) is 13.8. The molecule has 0 saturated carbocycles. The van der Waals surface area contributed by atoms with Crippen LogP contribution in [0.15, 0.2) is 47.7 Å². The number of ether oxygens (including phenoxy) is 1. The smallest absolute Gasteiger partial charge is 0.324 e. The highest BCUT2D eigenvalue weighted by molar-refractivity contribution is 6.00. The Labute approximate surface area is 241 Å². The van der Waals surface area contributed by atoms with Crippen molar-refractivity contribution in [1.82, 2.24) is 20.2 Å². The van der Waals surface area contributed by atoms with Crippen LogP contribution >= 0.6 is 0 Å². The minimum atomic E-state index is -0.850. The van der Waals surface area contributed by atoms with Crippen LogP contribution in [0.4, 0.5) is 16.3 Å². The molecule has 12 heteroatoms. The SMILES string of the molecule is COc1cc(C(CCNC(C)=O)CC(CC(C)C)N2C=NN(CCC(=O)O)C2)ccc1NC(=O)Nc1ccccn1. The standard InChI is InChI=1S/C29H41N7O5/c1-20(2)15-24(35-18-32-36(19-35)14-11-28(38)39)16-23(10-13-30-21(3)37)22-8-9-25(26(17-22)41-4)33-29(40)34-27-7-5-6-12-31-27/h5-9,12,17-18,20,23-24H,10-11,13-16,19H2,1-4H3,(H,30,37)(H,38,39)(H2,31,33,34,40). The summed E-state index contributed by atoms with van der Waals surface area (Å²) in [4.78, 5) is 41.5. The number of carboxylic acids is 1. The molecule has 0 bridgehead atoms. The predicted octanol–water partition coefficient (Wildman–Crippen LogP) is 4.14. The van der Waals surface area contributed by atoms with Gasteiger partial charge in [0.2, 0.25) is 5.91 Å². The van der Waals surface area contributed by atoms with Crippen molar-refractivity contribution in [2.75, 3.05) is 37.5 Å². The van der Waals surface area contributed by atoms with Crippen molar-refractivity contribution >= 4 is 35.8 Å². The number of pyridine rings is 1. The lowest BCUT2D eigenvalue weighted by molar-refractivity contribution is -0.137. The van der Waals surface area contributed by atoms with E-state index in [-0.39, 0.29) is 24.3 Å². The van der Waals surface area contributed by atoms with Crippen LogP contribution in [0.3, 0.4) is 0 Å². The Hall–Kier alpha value is -4.35. The maximum Gasteiger partial charge on any atom is 0.324 e. The zero-order chi connectivity index (χ0) is 29.8. The van der Waals surface area contributed by atoms with Gasteiger partial charge in [-0.2, -0.15) is 5.10 Å². The first kappa shape index (κ1) is 31.2. The fraction of sp³-hybridized carbons (Fsp3) is 0.483. The van der Waals surface area contributed by atoms with Crippen LogP contribution < -0.4 is 20.7 Å². The van der Waals surface area contributed by atoms with Crippen LogP contribution in [0.25, 0.3) is 0 Å². The van der Waals surface area contributed by atoms with Crippen LogP contribution in [0.2, 0.25) is 0 Å². The van der Waals surface area contributed by atoms with Crippen molar-refractivity contribution in [3.63, 3.8) is 0 Å². The average Bonchev–Trinajstić information content (AvgIpc) is 3.40. The molecule has 1 aromatic carbocycles. The largest absolute Gasteiger partial charge is 0.495 e. The van der Waals surface area contributed by atoms with Crippen LogP contribution in [0, 0.1) is 5.92 Å². The molecule has 1 aliphatic heterocycles. The zero-order valence-electron chi connectivity index (χ0n) is 24.2. The minimum absolute atomic E-state index is 0.0272. The van der Waals surface area contributed by atoms with E-state index in [0.29, 0.717) is 49.4 Å². The van der Waals surface area contributed by atoms with E-state index in [9.17, 15) is 14.4 Å². The van der Waals surface area contributed by atoms with Crippen molar-refractivity contribution in [2.24, 2.45) is 11.0 Å². The van der Waals surface area contributed by atoms with Crippen molar-refractivity contribution in [2.45, 2.75) is 58.4 Å². The van der Waals surface area contributed by atoms with Crippen molar-refractivity contribution in [3.05, 3.63) is 48.2 Å². The molecular formula is C29H41N7O5. The number of benzene rings is 1. The van der Waals surface area contributed by atoms with Crippen molar-refractivity contribution in [3.8, 4) is 5.75 Å². The number of amides is 3. The van der Waals surface area contributed by atoms with Gasteiger partial charge < -0.3 is 25.4 Å². The molecule has 0 spiro atoms. The summed E-state index contributed by atoms with van der Waals surface area (Å²) in [5, 5.41) is 23.7. The molecule has 222 valence electrons. The second kappa shape index (κ2) is 15.4. The van der Waals surface area contributed by atoms with E-state index in [1.807, 2.05) is 18.2 Å². The number of hydrogen-bond donors (Lipinski definition) is 4. The van der Waals surface area contributed by atoms with E-state index < -0.39 is 12.0 Å². The molecule has 1 aliphatic rings. The number of urea groups is 1. The highest BCUT2D eigenvalue weighted by Gasteiger charge is 2.27. The lowest BCUT2D eigenvalue weighted by atomic mass is 9.86. The summed E-state index contributed by atoms with van der Waals surface area (Å²) in [6.45, 7) is 7.25. The van der Waals surface area contributed by atoms with Gasteiger partial charge in [0.05, 0.1) is 19.2 Å². The number of hydrogen-bond acceptors (Lipinski definition) is 8. The highest BCUT2D eigenvalue weighted by Crippen LogP contribution is 2.34. The highest BCUT2D eigenvalue weighted by atomic mass is 16.5. The molecule has 41 heavy (non-hydrogen) atoms. The van der Waals surface area contributed by atoms with Gasteiger partial charge in [-0.25, -0.2) is 9.78 Å². The monoisotopic (exact) mass is 567 g/mol. The normalized spacial score (nSPS) is 14.1. The summed E-state index contributed by atoms with van der Waals surface area (Å²) in [6, 6.07) is 10.7. The number of anilines is 2. The van der Waals surface area contributed by atoms with Gasteiger partial charge in [0.1, 0.15) is 24.6 Å². The molecule has 0 radical (unpaired) electrons. The summed E-state index contributed by atoms with van der Waals surface area (Å²) >= 11 is 0. The Bertz CT molecular complexity index is 1190. The third-order valence-electron chi connectivity index (χ3n) is 6.76. The summed E-state index contributed by atoms with van der Waals surface area (Å²) < 4.78 is 5.65. The Morgan fingerprint density at radius 1 is 1.12 bits per heavy atom. The summed E-state index contributed by atoms with van der Waals surface area (Å²) in [5.74, 6) is 0.511. The van der Waals surface area contributed by atoms with Gasteiger partial charge in [-0.15, -0.1) is 0 Å². The number of nitrogens with zero attached hydrogens (tertiary/aromatic N) is 4. The van der Waals surface area contributed by atoms with Gasteiger partial charge in [-0.1, -0.05) is 26.0 Å². The fourth-order valence-corrected chi connectivity index (χ4v) is 4.82. The molecule has 2 unspecified atom stereocenters. The molecule has 4 N–H and O–H groups in total. The van der Waals surface area contributed by atoms with Crippen LogP contribution in [0.1, 0.15) is 57.9 Å². The van der Waals surface area contributed by atoms with E-state index in [0.717, 1.165) is 18.4 Å². The first-order valence-corrected chi connectivity index (χ1v) is 13.8. The summed E-state index contributed by atoms with van der Waals surface area (Å²) in [6.07, 6.45) is 5.83. The molecule has 0 aliphatic carbocycles. The molecule has 2 aromatic rings. The second-order valence-electron chi connectivity index (χ2n) is 10.5. The Balaban J connectivity index is 1.78. The van der Waals surface area contributed by atoms with E-state index in [1.54, 1.807) is 42.9 Å². The molecule has 0 fully saturated rings. The second-order valence-corrected chi connectivity index (χ2v) is 10.5. The van der Waals surface area contributed by atoms with Gasteiger partial charge in [0.15, 0.2) is 0 Å². The Morgan fingerprint density at radius 3 is 2.59 bits per heavy atom. The van der Waals surface area contributed by atoms with Gasteiger partial charge in [0, 0.05) is 32.3 Å². The Kier molecular flexibility index (Phi) is 11.7. The number of aliphatic carboxylic acids is 1. The summed E-state index contributed by atoms with van der Waals surface area (Å²) in [7, 11) is 1.56. The molecular weight excluding hydrogens is 526 g/mol. The van der Waals surface area contributed by atoms with Gasteiger partial charge in [-0.05, 0) is 60.9 Å². The zero-order valence-corrected chi connectivity index (χ0v) is 24.2.